The van der Waals surface area contributed by atoms with E-state index >= 15 is 0 Å². The Morgan fingerprint density at radius 2 is 1.57 bits per heavy atom. The van der Waals surface area contributed by atoms with Crippen LogP contribution in [-0.2, 0) is 19.1 Å². The van der Waals surface area contributed by atoms with E-state index in [0.29, 0.717) is 18.7 Å². The Morgan fingerprint density at radius 3 is 2.24 bits per heavy atom. The first-order chi connectivity index (χ1) is 24.4. The number of H-pyrrole nitrogens is 2. The minimum Gasteiger partial charge on any atom is -0.471 e. The molecule has 2 aromatic heterocycles. The van der Waals surface area contributed by atoms with Gasteiger partial charge in [-0.3, -0.25) is 14.5 Å². The van der Waals surface area contributed by atoms with E-state index in [1.165, 1.54) is 7.11 Å². The average Bonchev–Trinajstić information content (AvgIpc) is 3.93. The fourth-order valence-corrected chi connectivity index (χ4v) is 6.68. The Labute approximate surface area is 299 Å². The number of ether oxygens (including phenoxy) is 2. The number of hydrogen-bond donors (Lipinski definition) is 3. The number of likely N-dealkylation sites (N-methyl/N-ethyl adjacent to an activating group) is 1. The molecule has 0 aliphatic carbocycles. The van der Waals surface area contributed by atoms with Crippen LogP contribution in [0, 0.1) is 17.8 Å². The fourth-order valence-electron chi connectivity index (χ4n) is 6.68. The van der Waals surface area contributed by atoms with Gasteiger partial charge < -0.3 is 29.7 Å². The summed E-state index contributed by atoms with van der Waals surface area (Å²) in [7, 11) is 3.16. The highest BCUT2D eigenvalue weighted by Crippen LogP contribution is 2.34. The van der Waals surface area contributed by atoms with E-state index in [-0.39, 0.29) is 36.0 Å². The molecule has 6 rings (SSSR count). The number of methoxy groups -OCH3 is 1. The first-order valence-corrected chi connectivity index (χ1v) is 17.5. The molecular formula is C39H49N7O5. The summed E-state index contributed by atoms with van der Waals surface area (Å²) < 4.78 is 9.46. The Bertz CT molecular complexity index is 1900. The molecule has 3 N–H and O–H groups in total. The lowest BCUT2D eigenvalue weighted by Gasteiger charge is -2.29. The van der Waals surface area contributed by atoms with Crippen molar-refractivity contribution in [3.63, 3.8) is 0 Å². The number of aromatic amines is 2. The zero-order valence-corrected chi connectivity index (χ0v) is 30.6. The Morgan fingerprint density at radius 1 is 0.941 bits per heavy atom. The van der Waals surface area contributed by atoms with E-state index in [0.717, 1.165) is 71.5 Å². The number of carbonyl (C=O) groups excluding carboxylic acids is 3. The van der Waals surface area contributed by atoms with Crippen LogP contribution in [0.25, 0.3) is 22.0 Å². The van der Waals surface area contributed by atoms with Gasteiger partial charge >= 0.3 is 6.09 Å². The molecule has 0 radical (unpaired) electrons. The zero-order chi connectivity index (χ0) is 36.7. The van der Waals surface area contributed by atoms with Gasteiger partial charge in [0.25, 0.3) is 6.47 Å². The summed E-state index contributed by atoms with van der Waals surface area (Å²) in [5, 5.41) is 5.38. The van der Waals surface area contributed by atoms with E-state index in [9.17, 15) is 9.59 Å². The maximum Gasteiger partial charge on any atom is 0.410 e. The van der Waals surface area contributed by atoms with Crippen molar-refractivity contribution < 1.29 is 23.9 Å². The van der Waals surface area contributed by atoms with E-state index < -0.39 is 5.60 Å². The van der Waals surface area contributed by atoms with Gasteiger partial charge in [-0.25, -0.2) is 14.8 Å². The molecule has 0 spiro atoms. The molecule has 2 aliphatic rings. The highest BCUT2D eigenvalue weighted by molar-refractivity contribution is 5.88. The summed E-state index contributed by atoms with van der Waals surface area (Å²) in [5.74, 6) is 8.37. The smallest absolute Gasteiger partial charge is 0.410 e. The normalized spacial score (nSPS) is 17.8. The fraction of sp³-hybridized carbons (Fsp3) is 0.462. The van der Waals surface area contributed by atoms with Crippen LogP contribution >= 0.6 is 0 Å². The number of carbonyl (C=O) groups is 3. The molecule has 3 atom stereocenters. The predicted octanol–water partition coefficient (Wildman–Crippen LogP) is 6.12. The van der Waals surface area contributed by atoms with Crippen LogP contribution in [0.3, 0.4) is 0 Å². The number of nitrogens with zero attached hydrogens (tertiary/aromatic N) is 4. The standard InChI is InChI=1S/C37H45N7O3.C2H4O2/c1-23(2)32(38-6)35(45)43-17-7-9-30(43)34-40-22-29(42-34)27-15-14-25-19-24(11-13-26(25)20-27)12-16-28-21-39-33(41-28)31-10-8-18-44(31)36(46)47-37(3,4)5;1-4-2-3/h11,13-15,19-23,30-32,38H,7-10,17-18H2,1-6H3,(H,39,41)(H,40,42);2H,1H3/t30-,31-,32?;/m0./s1. The van der Waals surface area contributed by atoms with E-state index in [1.54, 1.807) is 11.1 Å². The number of benzene rings is 2. The highest BCUT2D eigenvalue weighted by atomic mass is 16.6. The molecule has 51 heavy (non-hydrogen) atoms. The molecule has 1 unspecified atom stereocenters. The van der Waals surface area contributed by atoms with Crippen molar-refractivity contribution in [3.05, 3.63) is 71.7 Å². The molecule has 270 valence electrons. The number of hydrogen-bond acceptors (Lipinski definition) is 8. The number of aromatic nitrogens is 4. The van der Waals surface area contributed by atoms with Crippen molar-refractivity contribution in [2.75, 3.05) is 27.2 Å². The van der Waals surface area contributed by atoms with Crippen LogP contribution in [0.5, 0.6) is 0 Å². The largest absolute Gasteiger partial charge is 0.471 e. The van der Waals surface area contributed by atoms with Gasteiger partial charge in [-0.05, 0) is 94.3 Å². The van der Waals surface area contributed by atoms with Crippen LogP contribution in [0.15, 0.2) is 48.8 Å². The van der Waals surface area contributed by atoms with Crippen molar-refractivity contribution in [1.82, 2.24) is 35.1 Å². The lowest BCUT2D eigenvalue weighted by molar-refractivity contribution is -0.135. The van der Waals surface area contributed by atoms with Gasteiger partial charge in [0, 0.05) is 24.2 Å². The average molecular weight is 696 g/mol. The first kappa shape index (κ1) is 37.1. The number of fused-ring (bicyclic) bond motifs is 1. The van der Waals surface area contributed by atoms with Crippen LogP contribution in [-0.4, -0.2) is 87.1 Å². The van der Waals surface area contributed by atoms with Crippen molar-refractivity contribution in [2.24, 2.45) is 5.92 Å². The molecule has 2 fully saturated rings. The molecule has 12 heteroatoms. The molecule has 4 aromatic rings. The summed E-state index contributed by atoms with van der Waals surface area (Å²) in [6, 6.07) is 12.1. The summed E-state index contributed by atoms with van der Waals surface area (Å²) in [6.45, 7) is 11.5. The number of imidazole rings is 2. The van der Waals surface area contributed by atoms with Crippen LogP contribution in [0.1, 0.15) is 95.3 Å². The minimum atomic E-state index is -0.544. The molecule has 0 saturated carbocycles. The van der Waals surface area contributed by atoms with Crippen molar-refractivity contribution >= 4 is 29.2 Å². The van der Waals surface area contributed by atoms with Crippen molar-refractivity contribution in [2.45, 2.75) is 84.0 Å². The Balaban J connectivity index is 0.00000120. The van der Waals surface area contributed by atoms with Gasteiger partial charge in [0.2, 0.25) is 5.91 Å². The van der Waals surface area contributed by atoms with Crippen LogP contribution in [0.2, 0.25) is 0 Å². The van der Waals surface area contributed by atoms with Crippen LogP contribution in [0.4, 0.5) is 4.79 Å². The summed E-state index contributed by atoms with van der Waals surface area (Å²) >= 11 is 0. The highest BCUT2D eigenvalue weighted by Gasteiger charge is 2.36. The molecule has 0 bridgehead atoms. The molecular weight excluding hydrogens is 646 g/mol. The number of nitrogens with one attached hydrogen (secondary N) is 3. The second-order valence-corrected chi connectivity index (χ2v) is 14.3. The number of amides is 2. The summed E-state index contributed by atoms with van der Waals surface area (Å²) in [4.78, 5) is 54.8. The topological polar surface area (TPSA) is 146 Å². The lowest BCUT2D eigenvalue weighted by Crippen LogP contribution is -2.47. The second kappa shape index (κ2) is 16.2. The van der Waals surface area contributed by atoms with E-state index in [1.807, 2.05) is 45.0 Å². The minimum absolute atomic E-state index is 0.0412. The maximum absolute atomic E-state index is 13.3. The van der Waals surface area contributed by atoms with Gasteiger partial charge in [-0.1, -0.05) is 38.0 Å². The summed E-state index contributed by atoms with van der Waals surface area (Å²) in [6.07, 6.45) is 6.89. The monoisotopic (exact) mass is 695 g/mol. The second-order valence-electron chi connectivity index (χ2n) is 14.3. The molecule has 12 nitrogen and oxygen atoms in total. The van der Waals surface area contributed by atoms with Crippen molar-refractivity contribution in [1.29, 1.82) is 0 Å². The number of likely N-dealkylation sites (tertiary alicyclic amines) is 2. The van der Waals surface area contributed by atoms with Crippen molar-refractivity contribution in [3.8, 4) is 23.1 Å². The SMILES string of the molecule is CNC(C(=O)N1CCC[C@H]1c1ncc(-c2ccc3cc(C#Cc4cnc([C@@H]5CCCN5C(=O)OC(C)(C)C)[nH]4)ccc3c2)[nH]1)C(C)C.COC=O. The molecule has 2 aromatic carbocycles. The number of rotatable bonds is 7. The molecule has 4 heterocycles. The van der Waals surface area contributed by atoms with Gasteiger partial charge in [0.1, 0.15) is 22.9 Å². The van der Waals surface area contributed by atoms with Crippen LogP contribution < -0.4 is 5.32 Å². The first-order valence-electron chi connectivity index (χ1n) is 17.5. The third-order valence-corrected chi connectivity index (χ3v) is 9.07. The van der Waals surface area contributed by atoms with Gasteiger partial charge in [0.15, 0.2) is 0 Å². The lowest BCUT2D eigenvalue weighted by atomic mass is 10.0. The van der Waals surface area contributed by atoms with E-state index in [2.05, 4.69) is 81.0 Å². The molecule has 2 amide bonds. The van der Waals surface area contributed by atoms with Gasteiger partial charge in [-0.15, -0.1) is 0 Å². The third kappa shape index (κ3) is 8.96. The predicted molar refractivity (Wildman–Crippen MR) is 195 cm³/mol. The Hall–Kier alpha value is -5.15. The van der Waals surface area contributed by atoms with Gasteiger partial charge in [0.05, 0.1) is 43.3 Å². The zero-order valence-electron chi connectivity index (χ0n) is 30.6. The van der Waals surface area contributed by atoms with E-state index in [4.69, 9.17) is 14.5 Å². The third-order valence-electron chi connectivity index (χ3n) is 9.07. The maximum atomic E-state index is 13.3. The Kier molecular flexibility index (Phi) is 11.8. The summed E-state index contributed by atoms with van der Waals surface area (Å²) in [5.41, 5.74) is 3.03. The molecule has 2 aliphatic heterocycles. The van der Waals surface area contributed by atoms with Gasteiger partial charge in [-0.2, -0.15) is 0 Å². The quantitative estimate of drug-likeness (QED) is 0.155. The molecule has 2 saturated heterocycles.